The quantitative estimate of drug-likeness (QED) is 0.876. The van der Waals surface area contributed by atoms with Crippen LogP contribution < -0.4 is 10.6 Å². The maximum absolute atomic E-state index is 11.5. The monoisotopic (exact) mass is 266 g/mol. The fraction of sp³-hybridized carbons (Fsp3) is 0.385. The molecule has 6 heteroatoms. The summed E-state index contributed by atoms with van der Waals surface area (Å²) in [5, 5.41) is 5.04. The minimum atomic E-state index is -0.567. The highest BCUT2D eigenvalue weighted by Gasteiger charge is 2.10. The minimum Gasteiger partial charge on any atom is -0.453 e. The molecule has 1 rings (SSSR count). The lowest BCUT2D eigenvalue weighted by molar-refractivity contribution is 0.115. The zero-order chi connectivity index (χ0) is 14.3. The molecule has 1 atom stereocenters. The summed E-state index contributed by atoms with van der Waals surface area (Å²) >= 11 is 0. The van der Waals surface area contributed by atoms with Gasteiger partial charge in [0.1, 0.15) is 6.10 Å². The first-order chi connectivity index (χ1) is 9.01. The third-order valence-corrected chi connectivity index (χ3v) is 2.33. The molecule has 0 radical (unpaired) electrons. The number of amides is 2. The van der Waals surface area contributed by atoms with Crippen molar-refractivity contribution in [1.82, 2.24) is 5.32 Å². The molecule has 6 nitrogen and oxygen atoms in total. The Morgan fingerprint density at radius 3 is 2.42 bits per heavy atom. The molecular weight excluding hydrogens is 248 g/mol. The lowest BCUT2D eigenvalue weighted by Crippen LogP contribution is -2.34. The Bertz CT molecular complexity index is 431. The van der Waals surface area contributed by atoms with Crippen LogP contribution in [0.25, 0.3) is 0 Å². The number of aryl methyl sites for hydroxylation is 1. The molecule has 1 aromatic carbocycles. The van der Waals surface area contributed by atoms with Crippen molar-refractivity contribution in [2.45, 2.75) is 20.0 Å². The van der Waals surface area contributed by atoms with Crippen LogP contribution in [0.1, 0.15) is 12.5 Å². The lowest BCUT2D eigenvalue weighted by Gasteiger charge is -2.14. The van der Waals surface area contributed by atoms with Gasteiger partial charge in [-0.15, -0.1) is 0 Å². The van der Waals surface area contributed by atoms with E-state index in [0.717, 1.165) is 5.56 Å². The van der Waals surface area contributed by atoms with E-state index >= 15 is 0 Å². The Labute approximate surface area is 112 Å². The summed E-state index contributed by atoms with van der Waals surface area (Å²) in [7, 11) is 1.27. The van der Waals surface area contributed by atoms with Crippen LogP contribution in [0.3, 0.4) is 0 Å². The molecule has 2 N–H and O–H groups in total. The van der Waals surface area contributed by atoms with Crippen molar-refractivity contribution in [3.63, 3.8) is 0 Å². The zero-order valence-electron chi connectivity index (χ0n) is 11.2. The average Bonchev–Trinajstić information content (AvgIpc) is 2.38. The molecule has 0 spiro atoms. The Morgan fingerprint density at radius 2 is 1.84 bits per heavy atom. The van der Waals surface area contributed by atoms with E-state index in [2.05, 4.69) is 15.4 Å². The van der Waals surface area contributed by atoms with E-state index in [9.17, 15) is 9.59 Å². The molecule has 104 valence electrons. The highest BCUT2D eigenvalue weighted by atomic mass is 16.6. The van der Waals surface area contributed by atoms with Gasteiger partial charge in [-0.1, -0.05) is 17.7 Å². The standard InChI is InChI=1S/C13H18N2O4/c1-9-4-6-11(7-5-9)15-13(17)19-10(2)8-14-12(16)18-3/h4-7,10H,8H2,1-3H3,(H,14,16)(H,15,17)/t10-/m0/s1. The number of carbonyl (C=O) groups is 2. The van der Waals surface area contributed by atoms with Gasteiger partial charge in [-0.05, 0) is 26.0 Å². The van der Waals surface area contributed by atoms with Gasteiger partial charge >= 0.3 is 12.2 Å². The minimum absolute atomic E-state index is 0.188. The van der Waals surface area contributed by atoms with Crippen molar-refractivity contribution >= 4 is 17.9 Å². The fourth-order valence-electron chi connectivity index (χ4n) is 1.31. The number of hydrogen-bond donors (Lipinski definition) is 2. The molecule has 0 saturated heterocycles. The summed E-state index contributed by atoms with van der Waals surface area (Å²) in [5.41, 5.74) is 1.76. The number of rotatable bonds is 4. The Kier molecular flexibility index (Phi) is 5.66. The average molecular weight is 266 g/mol. The number of hydrogen-bond acceptors (Lipinski definition) is 4. The van der Waals surface area contributed by atoms with Gasteiger partial charge in [-0.25, -0.2) is 9.59 Å². The van der Waals surface area contributed by atoms with Crippen LogP contribution in [-0.2, 0) is 9.47 Å². The van der Waals surface area contributed by atoms with Crippen molar-refractivity contribution in [2.24, 2.45) is 0 Å². The fourth-order valence-corrected chi connectivity index (χ4v) is 1.31. The van der Waals surface area contributed by atoms with Gasteiger partial charge in [0.05, 0.1) is 13.7 Å². The summed E-state index contributed by atoms with van der Waals surface area (Å²) in [6.07, 6.45) is -1.58. The van der Waals surface area contributed by atoms with Crippen molar-refractivity contribution in [2.75, 3.05) is 19.0 Å². The van der Waals surface area contributed by atoms with Gasteiger partial charge < -0.3 is 14.8 Å². The highest BCUT2D eigenvalue weighted by molar-refractivity contribution is 5.84. The Morgan fingerprint density at radius 1 is 1.21 bits per heavy atom. The maximum Gasteiger partial charge on any atom is 0.411 e. The van der Waals surface area contributed by atoms with Crippen molar-refractivity contribution in [1.29, 1.82) is 0 Å². The number of methoxy groups -OCH3 is 1. The predicted molar refractivity (Wildman–Crippen MR) is 71.2 cm³/mol. The Balaban J connectivity index is 2.34. The molecule has 19 heavy (non-hydrogen) atoms. The largest absolute Gasteiger partial charge is 0.453 e. The highest BCUT2D eigenvalue weighted by Crippen LogP contribution is 2.09. The second-order valence-corrected chi connectivity index (χ2v) is 4.08. The van der Waals surface area contributed by atoms with Crippen molar-refractivity contribution in [3.05, 3.63) is 29.8 Å². The molecule has 0 aliphatic carbocycles. The van der Waals surface area contributed by atoms with Crippen LogP contribution in [0, 0.1) is 6.92 Å². The number of benzene rings is 1. The molecule has 0 unspecified atom stereocenters. The summed E-state index contributed by atoms with van der Waals surface area (Å²) in [5.74, 6) is 0. The molecule has 1 aromatic rings. The second-order valence-electron chi connectivity index (χ2n) is 4.08. The summed E-state index contributed by atoms with van der Waals surface area (Å²) in [6.45, 7) is 3.82. The molecule has 0 aromatic heterocycles. The van der Waals surface area contributed by atoms with E-state index in [4.69, 9.17) is 4.74 Å². The second kappa shape index (κ2) is 7.25. The molecule has 0 fully saturated rings. The van der Waals surface area contributed by atoms with Crippen LogP contribution >= 0.6 is 0 Å². The summed E-state index contributed by atoms with van der Waals surface area (Å²) < 4.78 is 9.47. The lowest BCUT2D eigenvalue weighted by atomic mass is 10.2. The maximum atomic E-state index is 11.5. The van der Waals surface area contributed by atoms with Crippen molar-refractivity contribution in [3.8, 4) is 0 Å². The summed E-state index contributed by atoms with van der Waals surface area (Å²) in [6, 6.07) is 7.34. The number of anilines is 1. The molecule has 0 heterocycles. The van der Waals surface area contributed by atoms with Crippen molar-refractivity contribution < 1.29 is 19.1 Å². The van der Waals surface area contributed by atoms with Crippen LogP contribution in [0.4, 0.5) is 15.3 Å². The topological polar surface area (TPSA) is 76.7 Å². The van der Waals surface area contributed by atoms with Gasteiger partial charge in [0.25, 0.3) is 0 Å². The van der Waals surface area contributed by atoms with Crippen LogP contribution in [0.5, 0.6) is 0 Å². The smallest absolute Gasteiger partial charge is 0.411 e. The van der Waals surface area contributed by atoms with Crippen LogP contribution in [0.15, 0.2) is 24.3 Å². The van der Waals surface area contributed by atoms with E-state index in [0.29, 0.717) is 5.69 Å². The normalized spacial score (nSPS) is 11.3. The van der Waals surface area contributed by atoms with Crippen LogP contribution in [-0.4, -0.2) is 31.9 Å². The van der Waals surface area contributed by atoms with E-state index in [1.807, 2.05) is 19.1 Å². The van der Waals surface area contributed by atoms with Gasteiger partial charge in [0.15, 0.2) is 0 Å². The number of nitrogens with one attached hydrogen (secondary N) is 2. The van der Waals surface area contributed by atoms with Gasteiger partial charge in [0.2, 0.25) is 0 Å². The number of alkyl carbamates (subject to hydrolysis) is 1. The van der Waals surface area contributed by atoms with Crippen LogP contribution in [0.2, 0.25) is 0 Å². The molecule has 0 bridgehead atoms. The molecule has 2 amide bonds. The van der Waals surface area contributed by atoms with Gasteiger partial charge in [-0.3, -0.25) is 5.32 Å². The van der Waals surface area contributed by atoms with E-state index in [1.165, 1.54) is 7.11 Å². The Hall–Kier alpha value is -2.24. The predicted octanol–water partition coefficient (Wildman–Crippen LogP) is 2.29. The third kappa shape index (κ3) is 5.76. The zero-order valence-corrected chi connectivity index (χ0v) is 11.2. The summed E-state index contributed by atoms with van der Waals surface area (Å²) in [4.78, 5) is 22.4. The number of carbonyl (C=O) groups excluding carboxylic acids is 2. The number of ether oxygens (including phenoxy) is 2. The van der Waals surface area contributed by atoms with E-state index < -0.39 is 18.3 Å². The van der Waals surface area contributed by atoms with E-state index in [1.54, 1.807) is 19.1 Å². The first-order valence-electron chi connectivity index (χ1n) is 5.87. The van der Waals surface area contributed by atoms with Gasteiger partial charge in [0, 0.05) is 5.69 Å². The molecular formula is C13H18N2O4. The van der Waals surface area contributed by atoms with E-state index in [-0.39, 0.29) is 6.54 Å². The SMILES string of the molecule is COC(=O)NC[C@H](C)OC(=O)Nc1ccc(C)cc1. The third-order valence-electron chi connectivity index (χ3n) is 2.33. The first kappa shape index (κ1) is 14.8. The molecule has 0 saturated carbocycles. The first-order valence-corrected chi connectivity index (χ1v) is 5.87. The van der Waals surface area contributed by atoms with Gasteiger partial charge in [-0.2, -0.15) is 0 Å². The molecule has 0 aliphatic heterocycles. The molecule has 0 aliphatic rings.